The van der Waals surface area contributed by atoms with E-state index in [1.54, 1.807) is 6.92 Å². The van der Waals surface area contributed by atoms with Crippen molar-refractivity contribution in [1.82, 2.24) is 0 Å². The third kappa shape index (κ3) is 2.86. The number of Topliss-reactive ketones (excluding diaryl/α,β-unsaturated/α-hetero) is 1. The first kappa shape index (κ1) is 16.9. The van der Waals surface area contributed by atoms with Crippen molar-refractivity contribution in [2.45, 2.75) is 31.5 Å². The van der Waals surface area contributed by atoms with Crippen LogP contribution in [-0.4, -0.2) is 60.2 Å². The normalized spacial score (nSPS) is 34.1. The van der Waals surface area contributed by atoms with Crippen LogP contribution in [0, 0.1) is 22.0 Å². The molecule has 8 nitrogen and oxygen atoms in total. The van der Waals surface area contributed by atoms with Gasteiger partial charge in [-0.15, -0.1) is 0 Å². The molecule has 0 aromatic heterocycles. The Bertz CT molecular complexity index is 536. The highest BCUT2D eigenvalue weighted by Crippen LogP contribution is 2.38. The number of alkyl halides is 1. The molecule has 0 bridgehead atoms. The molecule has 22 heavy (non-hydrogen) atoms. The van der Waals surface area contributed by atoms with Gasteiger partial charge in [0.15, 0.2) is 0 Å². The molecule has 0 amide bonds. The summed E-state index contributed by atoms with van der Waals surface area (Å²) in [5.74, 6) is -0.652. The minimum Gasteiger partial charge on any atom is -0.477 e. The number of carbonyl (C=O) groups excluding carboxylic acids is 1. The Balaban J connectivity index is 2.43. The van der Waals surface area contributed by atoms with Gasteiger partial charge in [0.25, 0.3) is 11.8 Å². The number of ketones is 1. The third-order valence-corrected chi connectivity index (χ3v) is 4.86. The fourth-order valence-corrected chi connectivity index (χ4v) is 3.59. The Morgan fingerprint density at radius 3 is 2.45 bits per heavy atom. The molecule has 2 rings (SSSR count). The Morgan fingerprint density at radius 2 is 1.95 bits per heavy atom. The predicted molar refractivity (Wildman–Crippen MR) is 83.3 cm³/mol. The van der Waals surface area contributed by atoms with Crippen LogP contribution in [0.2, 0.25) is 0 Å². The van der Waals surface area contributed by atoms with Crippen LogP contribution in [0.5, 0.6) is 0 Å². The SMILES string of the molecule is COC1=NC2CC([N+](=O)[O-])C(C)C(C(=O)CBr)C2N=C1OC. The molecule has 0 saturated heterocycles. The zero-order valence-corrected chi connectivity index (χ0v) is 14.1. The van der Waals surface area contributed by atoms with Crippen LogP contribution in [0.3, 0.4) is 0 Å². The Labute approximate surface area is 136 Å². The maximum atomic E-state index is 12.3. The second-order valence-electron chi connectivity index (χ2n) is 5.41. The van der Waals surface area contributed by atoms with Crippen LogP contribution < -0.4 is 0 Å². The molecule has 5 atom stereocenters. The second kappa shape index (κ2) is 6.72. The van der Waals surface area contributed by atoms with Crippen molar-refractivity contribution in [3.05, 3.63) is 10.1 Å². The fourth-order valence-electron chi connectivity index (χ4n) is 3.21. The highest BCUT2D eigenvalue weighted by atomic mass is 79.9. The van der Waals surface area contributed by atoms with E-state index in [9.17, 15) is 14.9 Å². The van der Waals surface area contributed by atoms with Crippen molar-refractivity contribution >= 4 is 33.5 Å². The molecule has 0 aromatic carbocycles. The summed E-state index contributed by atoms with van der Waals surface area (Å²) in [5.41, 5.74) is 0. The summed E-state index contributed by atoms with van der Waals surface area (Å²) in [6, 6.07) is -1.73. The number of hydrogen-bond acceptors (Lipinski definition) is 7. The lowest BCUT2D eigenvalue weighted by molar-refractivity contribution is -0.537. The first-order chi connectivity index (χ1) is 10.4. The Kier molecular flexibility index (Phi) is 5.15. The zero-order chi connectivity index (χ0) is 16.4. The number of carbonyl (C=O) groups is 1. The number of methoxy groups -OCH3 is 2. The van der Waals surface area contributed by atoms with Crippen molar-refractivity contribution in [1.29, 1.82) is 0 Å². The molecule has 0 N–H and O–H groups in total. The summed E-state index contributed by atoms with van der Waals surface area (Å²) < 4.78 is 10.3. The van der Waals surface area contributed by atoms with E-state index in [1.165, 1.54) is 14.2 Å². The number of nitro groups is 1. The van der Waals surface area contributed by atoms with Crippen molar-refractivity contribution in [3.63, 3.8) is 0 Å². The molecular weight excluding hydrogens is 358 g/mol. The molecule has 1 fully saturated rings. The maximum Gasteiger partial charge on any atom is 0.273 e. The molecular formula is C13H18BrN3O5. The highest BCUT2D eigenvalue weighted by Gasteiger charge is 2.52. The van der Waals surface area contributed by atoms with Gasteiger partial charge in [0.1, 0.15) is 5.78 Å². The standard InChI is InChI=1S/C13H18BrN3O5/c1-6-8(17(19)20)4-7-11(10(6)9(18)5-14)16-13(22-3)12(15-7)21-2/h6-8,10-11H,4-5H2,1-3H3. The minimum absolute atomic E-state index is 0.107. The van der Waals surface area contributed by atoms with Gasteiger partial charge >= 0.3 is 0 Å². The predicted octanol–water partition coefficient (Wildman–Crippen LogP) is 1.09. The quantitative estimate of drug-likeness (QED) is 0.417. The van der Waals surface area contributed by atoms with Crippen molar-refractivity contribution < 1.29 is 19.2 Å². The van der Waals surface area contributed by atoms with E-state index < -0.39 is 30.0 Å². The number of ether oxygens (including phenoxy) is 2. The summed E-state index contributed by atoms with van der Waals surface area (Å²) >= 11 is 3.15. The van der Waals surface area contributed by atoms with E-state index in [-0.39, 0.29) is 34.3 Å². The topological polar surface area (TPSA) is 103 Å². The first-order valence-electron chi connectivity index (χ1n) is 6.90. The van der Waals surface area contributed by atoms with Gasteiger partial charge in [-0.25, -0.2) is 9.98 Å². The number of fused-ring (bicyclic) bond motifs is 1. The number of hydrogen-bond donors (Lipinski definition) is 0. The average Bonchev–Trinajstić information content (AvgIpc) is 2.51. The van der Waals surface area contributed by atoms with Crippen LogP contribution in [0.15, 0.2) is 9.98 Å². The summed E-state index contributed by atoms with van der Waals surface area (Å²) in [7, 11) is 2.88. The molecule has 0 spiro atoms. The van der Waals surface area contributed by atoms with Crippen LogP contribution in [0.25, 0.3) is 0 Å². The average molecular weight is 376 g/mol. The number of rotatable bonds is 3. The monoisotopic (exact) mass is 375 g/mol. The van der Waals surface area contributed by atoms with E-state index in [4.69, 9.17) is 9.47 Å². The maximum absolute atomic E-state index is 12.3. The van der Waals surface area contributed by atoms with Gasteiger partial charge in [0.05, 0.1) is 37.6 Å². The molecule has 1 heterocycles. The molecule has 1 aliphatic carbocycles. The van der Waals surface area contributed by atoms with Gasteiger partial charge in [-0.3, -0.25) is 14.9 Å². The smallest absolute Gasteiger partial charge is 0.273 e. The fraction of sp³-hybridized carbons (Fsp3) is 0.769. The molecule has 1 aliphatic heterocycles. The van der Waals surface area contributed by atoms with E-state index in [0.29, 0.717) is 0 Å². The van der Waals surface area contributed by atoms with Crippen LogP contribution in [-0.2, 0) is 14.3 Å². The van der Waals surface area contributed by atoms with Crippen LogP contribution in [0.1, 0.15) is 13.3 Å². The molecule has 2 aliphatic rings. The van der Waals surface area contributed by atoms with Gasteiger partial charge in [0.2, 0.25) is 6.04 Å². The van der Waals surface area contributed by atoms with Crippen molar-refractivity contribution in [2.24, 2.45) is 21.8 Å². The molecule has 1 saturated carbocycles. The Morgan fingerprint density at radius 1 is 1.36 bits per heavy atom. The van der Waals surface area contributed by atoms with Crippen molar-refractivity contribution in [3.8, 4) is 0 Å². The first-order valence-corrected chi connectivity index (χ1v) is 8.02. The van der Waals surface area contributed by atoms with E-state index in [1.807, 2.05) is 0 Å². The molecule has 0 aromatic rings. The summed E-state index contributed by atoms with van der Waals surface area (Å²) in [5, 5.41) is 11.4. The van der Waals surface area contributed by atoms with Gasteiger partial charge < -0.3 is 9.47 Å². The number of halogens is 1. The summed E-state index contributed by atoms with van der Waals surface area (Å²) in [4.78, 5) is 32.1. The molecule has 0 radical (unpaired) electrons. The number of nitrogens with zero attached hydrogens (tertiary/aromatic N) is 3. The van der Waals surface area contributed by atoms with Crippen LogP contribution in [0.4, 0.5) is 0 Å². The van der Waals surface area contributed by atoms with Gasteiger partial charge in [-0.05, 0) is 0 Å². The van der Waals surface area contributed by atoms with E-state index in [2.05, 4.69) is 25.9 Å². The second-order valence-corrected chi connectivity index (χ2v) is 5.97. The lowest BCUT2D eigenvalue weighted by Crippen LogP contribution is -2.54. The lowest BCUT2D eigenvalue weighted by Gasteiger charge is -2.40. The van der Waals surface area contributed by atoms with Gasteiger partial charge in [-0.1, -0.05) is 22.9 Å². The van der Waals surface area contributed by atoms with Gasteiger partial charge in [0, 0.05) is 17.3 Å². The zero-order valence-electron chi connectivity index (χ0n) is 12.6. The van der Waals surface area contributed by atoms with E-state index in [0.717, 1.165) is 0 Å². The summed E-state index contributed by atoms with van der Waals surface area (Å²) in [6.07, 6.45) is 0.234. The third-order valence-electron chi connectivity index (χ3n) is 4.31. The lowest BCUT2D eigenvalue weighted by atomic mass is 9.70. The largest absolute Gasteiger partial charge is 0.477 e. The minimum atomic E-state index is -0.824. The van der Waals surface area contributed by atoms with E-state index >= 15 is 0 Å². The Hall–Kier alpha value is -1.51. The highest BCUT2D eigenvalue weighted by molar-refractivity contribution is 9.09. The van der Waals surface area contributed by atoms with Crippen molar-refractivity contribution in [2.75, 3.05) is 19.5 Å². The van der Waals surface area contributed by atoms with Crippen LogP contribution >= 0.6 is 15.9 Å². The molecule has 122 valence electrons. The van der Waals surface area contributed by atoms with Gasteiger partial charge in [-0.2, -0.15) is 0 Å². The number of aliphatic imine (C=N–C) groups is 2. The molecule has 9 heteroatoms. The summed E-state index contributed by atoms with van der Waals surface area (Å²) in [6.45, 7) is 1.73. The molecule has 5 unspecified atom stereocenters.